The molecule has 1 unspecified atom stereocenters. The molecule has 1 atom stereocenters. The van der Waals surface area contributed by atoms with Crippen LogP contribution in [-0.4, -0.2) is 23.6 Å². The SMILES string of the molecule is CC(NC(=O)OC(C)(C)C)C(=O)Nc1ccc(CBr)cc1. The topological polar surface area (TPSA) is 67.4 Å². The molecule has 116 valence electrons. The van der Waals surface area contributed by atoms with Gasteiger partial charge in [0, 0.05) is 11.0 Å². The van der Waals surface area contributed by atoms with Gasteiger partial charge in [-0.15, -0.1) is 0 Å². The molecule has 0 heterocycles. The first-order valence-electron chi connectivity index (χ1n) is 6.66. The van der Waals surface area contributed by atoms with Crippen molar-refractivity contribution in [2.24, 2.45) is 0 Å². The fraction of sp³-hybridized carbons (Fsp3) is 0.467. The van der Waals surface area contributed by atoms with Crippen LogP contribution in [0.1, 0.15) is 33.3 Å². The van der Waals surface area contributed by atoms with Crippen LogP contribution in [0.15, 0.2) is 24.3 Å². The van der Waals surface area contributed by atoms with Gasteiger partial charge in [0.2, 0.25) is 5.91 Å². The molecule has 1 rings (SSSR count). The summed E-state index contributed by atoms with van der Waals surface area (Å²) in [6.07, 6.45) is -0.611. The summed E-state index contributed by atoms with van der Waals surface area (Å²) >= 11 is 3.36. The van der Waals surface area contributed by atoms with Gasteiger partial charge in [-0.25, -0.2) is 4.79 Å². The maximum atomic E-state index is 12.0. The Morgan fingerprint density at radius 1 is 1.24 bits per heavy atom. The van der Waals surface area contributed by atoms with E-state index in [4.69, 9.17) is 4.74 Å². The number of anilines is 1. The van der Waals surface area contributed by atoms with Crippen molar-refractivity contribution < 1.29 is 14.3 Å². The molecule has 0 fully saturated rings. The average molecular weight is 357 g/mol. The van der Waals surface area contributed by atoms with Gasteiger partial charge in [-0.1, -0.05) is 28.1 Å². The third-order valence-corrected chi connectivity index (χ3v) is 3.15. The van der Waals surface area contributed by atoms with Crippen LogP contribution in [0.3, 0.4) is 0 Å². The van der Waals surface area contributed by atoms with E-state index in [0.29, 0.717) is 5.69 Å². The van der Waals surface area contributed by atoms with Crippen LogP contribution in [0.25, 0.3) is 0 Å². The minimum Gasteiger partial charge on any atom is -0.444 e. The largest absolute Gasteiger partial charge is 0.444 e. The maximum Gasteiger partial charge on any atom is 0.408 e. The molecule has 2 amide bonds. The summed E-state index contributed by atoms with van der Waals surface area (Å²) in [5.74, 6) is -0.299. The summed E-state index contributed by atoms with van der Waals surface area (Å²) in [5.41, 5.74) is 1.21. The molecule has 0 radical (unpaired) electrons. The smallest absolute Gasteiger partial charge is 0.408 e. The highest BCUT2D eigenvalue weighted by atomic mass is 79.9. The lowest BCUT2D eigenvalue weighted by atomic mass is 10.2. The Balaban J connectivity index is 2.52. The van der Waals surface area contributed by atoms with Gasteiger partial charge in [0.05, 0.1) is 0 Å². The number of alkyl carbamates (subject to hydrolysis) is 1. The highest BCUT2D eigenvalue weighted by Crippen LogP contribution is 2.12. The highest BCUT2D eigenvalue weighted by Gasteiger charge is 2.20. The average Bonchev–Trinajstić information content (AvgIpc) is 2.37. The molecule has 0 aliphatic carbocycles. The lowest BCUT2D eigenvalue weighted by Crippen LogP contribution is -2.43. The van der Waals surface area contributed by atoms with E-state index < -0.39 is 17.7 Å². The second-order valence-electron chi connectivity index (χ2n) is 5.69. The summed E-state index contributed by atoms with van der Waals surface area (Å²) in [5, 5.41) is 6.00. The first-order chi connectivity index (χ1) is 9.71. The Bertz CT molecular complexity index is 495. The standard InChI is InChI=1S/C15H21BrN2O3/c1-10(17-14(20)21-15(2,3)4)13(19)18-12-7-5-11(9-16)6-8-12/h5-8,10H,9H2,1-4H3,(H,17,20)(H,18,19). The number of ether oxygens (including phenoxy) is 1. The van der Waals surface area contributed by atoms with E-state index in [1.54, 1.807) is 27.7 Å². The second kappa shape index (κ2) is 7.45. The second-order valence-corrected chi connectivity index (χ2v) is 6.25. The number of alkyl halides is 1. The van der Waals surface area contributed by atoms with Crippen LogP contribution in [-0.2, 0) is 14.9 Å². The molecule has 1 aromatic carbocycles. The Hall–Kier alpha value is -1.56. The minimum atomic E-state index is -0.685. The van der Waals surface area contributed by atoms with Gasteiger partial charge in [-0.05, 0) is 45.4 Å². The zero-order valence-electron chi connectivity index (χ0n) is 12.7. The van der Waals surface area contributed by atoms with E-state index in [1.165, 1.54) is 0 Å². The molecule has 0 saturated carbocycles. The molecule has 0 spiro atoms. The Morgan fingerprint density at radius 2 is 1.81 bits per heavy atom. The van der Waals surface area contributed by atoms with Crippen molar-refractivity contribution in [2.45, 2.75) is 44.7 Å². The van der Waals surface area contributed by atoms with Crippen molar-refractivity contribution >= 4 is 33.6 Å². The summed E-state index contributed by atoms with van der Waals surface area (Å²) in [6.45, 7) is 6.90. The van der Waals surface area contributed by atoms with Crippen molar-refractivity contribution in [1.82, 2.24) is 5.32 Å². The number of hydrogen-bond acceptors (Lipinski definition) is 3. The number of carbonyl (C=O) groups is 2. The normalized spacial score (nSPS) is 12.4. The van der Waals surface area contributed by atoms with Crippen molar-refractivity contribution in [3.8, 4) is 0 Å². The number of nitrogens with one attached hydrogen (secondary N) is 2. The van der Waals surface area contributed by atoms with Crippen LogP contribution in [0, 0.1) is 0 Å². The molecule has 5 nitrogen and oxygen atoms in total. The minimum absolute atomic E-state index is 0.299. The molecular weight excluding hydrogens is 336 g/mol. The number of halogens is 1. The van der Waals surface area contributed by atoms with Crippen molar-refractivity contribution in [2.75, 3.05) is 5.32 Å². The van der Waals surface area contributed by atoms with Crippen molar-refractivity contribution in [3.05, 3.63) is 29.8 Å². The maximum absolute atomic E-state index is 12.0. The van der Waals surface area contributed by atoms with E-state index in [9.17, 15) is 9.59 Å². The van der Waals surface area contributed by atoms with Crippen LogP contribution >= 0.6 is 15.9 Å². The summed E-state index contributed by atoms with van der Waals surface area (Å²) < 4.78 is 5.10. The van der Waals surface area contributed by atoms with Crippen LogP contribution in [0.4, 0.5) is 10.5 Å². The Morgan fingerprint density at radius 3 is 2.29 bits per heavy atom. The summed E-state index contributed by atoms with van der Waals surface area (Å²) in [7, 11) is 0. The molecule has 0 aromatic heterocycles. The molecule has 0 aliphatic rings. The number of rotatable bonds is 4. The number of hydrogen-bond donors (Lipinski definition) is 2. The zero-order chi connectivity index (χ0) is 16.0. The summed E-state index contributed by atoms with van der Waals surface area (Å²) in [4.78, 5) is 23.6. The van der Waals surface area contributed by atoms with E-state index in [-0.39, 0.29) is 5.91 Å². The third-order valence-electron chi connectivity index (χ3n) is 2.50. The van der Waals surface area contributed by atoms with Gasteiger partial charge in [0.1, 0.15) is 11.6 Å². The quantitative estimate of drug-likeness (QED) is 0.812. The van der Waals surface area contributed by atoms with E-state index in [0.717, 1.165) is 10.9 Å². The fourth-order valence-corrected chi connectivity index (χ4v) is 1.85. The van der Waals surface area contributed by atoms with Crippen LogP contribution < -0.4 is 10.6 Å². The van der Waals surface area contributed by atoms with E-state index in [1.807, 2.05) is 24.3 Å². The van der Waals surface area contributed by atoms with Gasteiger partial charge in [0.15, 0.2) is 0 Å². The summed E-state index contributed by atoms with van der Waals surface area (Å²) in [6, 6.07) is 6.77. The first-order valence-corrected chi connectivity index (χ1v) is 7.78. The van der Waals surface area contributed by atoms with Gasteiger partial charge >= 0.3 is 6.09 Å². The highest BCUT2D eigenvalue weighted by molar-refractivity contribution is 9.08. The van der Waals surface area contributed by atoms with Gasteiger partial charge in [-0.2, -0.15) is 0 Å². The Labute approximate surface area is 133 Å². The molecule has 0 aliphatic heterocycles. The third kappa shape index (κ3) is 6.62. The zero-order valence-corrected chi connectivity index (χ0v) is 14.3. The number of carbonyl (C=O) groups excluding carboxylic acids is 2. The molecular formula is C15H21BrN2O3. The van der Waals surface area contributed by atoms with E-state index >= 15 is 0 Å². The van der Waals surface area contributed by atoms with Crippen LogP contribution in [0.5, 0.6) is 0 Å². The van der Waals surface area contributed by atoms with Gasteiger partial charge < -0.3 is 15.4 Å². The molecule has 0 saturated heterocycles. The van der Waals surface area contributed by atoms with E-state index in [2.05, 4.69) is 26.6 Å². The molecule has 21 heavy (non-hydrogen) atoms. The first kappa shape index (κ1) is 17.5. The number of benzene rings is 1. The predicted octanol–water partition coefficient (Wildman–Crippen LogP) is 3.43. The van der Waals surface area contributed by atoms with Gasteiger partial charge in [-0.3, -0.25) is 4.79 Å². The van der Waals surface area contributed by atoms with Crippen molar-refractivity contribution in [1.29, 1.82) is 0 Å². The fourth-order valence-electron chi connectivity index (χ4n) is 1.48. The lowest BCUT2D eigenvalue weighted by Gasteiger charge is -2.21. The van der Waals surface area contributed by atoms with Crippen LogP contribution in [0.2, 0.25) is 0 Å². The monoisotopic (exact) mass is 356 g/mol. The lowest BCUT2D eigenvalue weighted by molar-refractivity contribution is -0.117. The molecule has 0 bridgehead atoms. The molecule has 6 heteroatoms. The van der Waals surface area contributed by atoms with Gasteiger partial charge in [0.25, 0.3) is 0 Å². The predicted molar refractivity (Wildman–Crippen MR) is 86.5 cm³/mol. The molecule has 1 aromatic rings. The van der Waals surface area contributed by atoms with Crippen molar-refractivity contribution in [3.63, 3.8) is 0 Å². The Kier molecular flexibility index (Phi) is 6.20. The molecule has 2 N–H and O–H groups in total. The number of amides is 2.